The lowest BCUT2D eigenvalue weighted by Crippen LogP contribution is -2.36. The molecule has 0 saturated carbocycles. The normalized spacial score (nSPS) is 27.6. The molecule has 2 aliphatic heterocycles. The number of aliphatic carboxylic acids is 1. The fraction of sp³-hybridized carbons (Fsp3) is 0.818. The van der Waals surface area contributed by atoms with Gasteiger partial charge in [-0.05, 0) is 31.8 Å². The number of carbonyl (C=O) groups is 1. The van der Waals surface area contributed by atoms with Crippen LogP contribution in [0.4, 0.5) is 0 Å². The SMILES string of the molecule is O=C(O)C(CC1CC=NO1)C1CCNCC1. The van der Waals surface area contributed by atoms with Crippen molar-refractivity contribution in [2.75, 3.05) is 13.1 Å². The van der Waals surface area contributed by atoms with Gasteiger partial charge in [-0.1, -0.05) is 5.16 Å². The van der Waals surface area contributed by atoms with Gasteiger partial charge in [0, 0.05) is 19.1 Å². The maximum Gasteiger partial charge on any atom is 0.306 e. The van der Waals surface area contributed by atoms with Crippen molar-refractivity contribution in [3.8, 4) is 0 Å². The lowest BCUT2D eigenvalue weighted by molar-refractivity contribution is -0.145. The molecule has 0 aromatic carbocycles. The average Bonchev–Trinajstić information content (AvgIpc) is 2.79. The molecule has 0 amide bonds. The number of carboxylic acid groups (broad SMARTS) is 1. The topological polar surface area (TPSA) is 70.9 Å². The summed E-state index contributed by atoms with van der Waals surface area (Å²) in [7, 11) is 0. The minimum atomic E-state index is -0.692. The van der Waals surface area contributed by atoms with Gasteiger partial charge in [0.2, 0.25) is 0 Å². The summed E-state index contributed by atoms with van der Waals surface area (Å²) in [5, 5.41) is 16.2. The van der Waals surface area contributed by atoms with Crippen LogP contribution in [-0.4, -0.2) is 36.5 Å². The molecule has 0 aromatic heterocycles. The van der Waals surface area contributed by atoms with E-state index < -0.39 is 5.97 Å². The summed E-state index contributed by atoms with van der Waals surface area (Å²) in [6.45, 7) is 1.85. The number of nitrogens with zero attached hydrogens (tertiary/aromatic N) is 1. The molecule has 2 aliphatic rings. The third-order valence-electron chi connectivity index (χ3n) is 3.44. The molecule has 1 saturated heterocycles. The summed E-state index contributed by atoms with van der Waals surface area (Å²) in [5.41, 5.74) is 0. The number of hydrogen-bond donors (Lipinski definition) is 2. The highest BCUT2D eigenvalue weighted by Gasteiger charge is 2.32. The smallest absolute Gasteiger partial charge is 0.306 e. The van der Waals surface area contributed by atoms with E-state index >= 15 is 0 Å². The Labute approximate surface area is 94.8 Å². The van der Waals surface area contributed by atoms with E-state index in [1.165, 1.54) is 0 Å². The van der Waals surface area contributed by atoms with Crippen LogP contribution in [0.5, 0.6) is 0 Å². The number of oxime groups is 1. The summed E-state index contributed by atoms with van der Waals surface area (Å²) >= 11 is 0. The van der Waals surface area contributed by atoms with Crippen molar-refractivity contribution in [2.45, 2.75) is 31.8 Å². The van der Waals surface area contributed by atoms with Crippen LogP contribution in [0, 0.1) is 11.8 Å². The van der Waals surface area contributed by atoms with Gasteiger partial charge in [0.25, 0.3) is 0 Å². The van der Waals surface area contributed by atoms with Gasteiger partial charge in [0.15, 0.2) is 0 Å². The summed E-state index contributed by atoms with van der Waals surface area (Å²) in [6.07, 6.45) is 4.91. The van der Waals surface area contributed by atoms with Gasteiger partial charge in [-0.3, -0.25) is 4.79 Å². The van der Waals surface area contributed by atoms with Crippen molar-refractivity contribution in [1.82, 2.24) is 5.32 Å². The zero-order valence-electron chi connectivity index (χ0n) is 9.26. The first-order valence-corrected chi connectivity index (χ1v) is 5.88. The number of rotatable bonds is 4. The van der Waals surface area contributed by atoms with Crippen LogP contribution < -0.4 is 5.32 Å². The van der Waals surface area contributed by atoms with Gasteiger partial charge in [-0.25, -0.2) is 0 Å². The van der Waals surface area contributed by atoms with E-state index in [0.29, 0.717) is 6.42 Å². The molecule has 2 atom stereocenters. The van der Waals surface area contributed by atoms with Crippen molar-refractivity contribution in [3.05, 3.63) is 0 Å². The third-order valence-corrected chi connectivity index (χ3v) is 3.44. The highest BCUT2D eigenvalue weighted by atomic mass is 16.6. The molecule has 5 nitrogen and oxygen atoms in total. The Morgan fingerprint density at radius 3 is 2.88 bits per heavy atom. The largest absolute Gasteiger partial charge is 0.481 e. The first-order valence-electron chi connectivity index (χ1n) is 5.88. The van der Waals surface area contributed by atoms with Crippen LogP contribution in [-0.2, 0) is 9.63 Å². The molecule has 2 rings (SSSR count). The molecule has 0 aromatic rings. The lowest BCUT2D eigenvalue weighted by atomic mass is 9.81. The van der Waals surface area contributed by atoms with Crippen molar-refractivity contribution in [3.63, 3.8) is 0 Å². The van der Waals surface area contributed by atoms with E-state index in [2.05, 4.69) is 10.5 Å². The molecule has 5 heteroatoms. The Morgan fingerprint density at radius 2 is 2.31 bits per heavy atom. The quantitative estimate of drug-likeness (QED) is 0.745. The van der Waals surface area contributed by atoms with Crippen molar-refractivity contribution in [1.29, 1.82) is 0 Å². The monoisotopic (exact) mass is 226 g/mol. The molecule has 2 unspecified atom stereocenters. The summed E-state index contributed by atoms with van der Waals surface area (Å²) < 4.78 is 0. The maximum absolute atomic E-state index is 11.3. The zero-order chi connectivity index (χ0) is 11.4. The molecular formula is C11H18N2O3. The molecule has 0 radical (unpaired) electrons. The molecular weight excluding hydrogens is 208 g/mol. The van der Waals surface area contributed by atoms with Gasteiger partial charge in [-0.15, -0.1) is 0 Å². The molecule has 2 N–H and O–H groups in total. The molecule has 2 heterocycles. The Hall–Kier alpha value is -1.10. The number of carboxylic acids is 1. The van der Waals surface area contributed by atoms with E-state index in [1.54, 1.807) is 6.21 Å². The second-order valence-electron chi connectivity index (χ2n) is 4.52. The predicted octanol–water partition coefficient (Wildman–Crippen LogP) is 0.852. The van der Waals surface area contributed by atoms with Crippen LogP contribution in [0.3, 0.4) is 0 Å². The Balaban J connectivity index is 1.90. The standard InChI is InChI=1S/C11H18N2O3/c14-11(15)10(7-9-3-6-13-16-9)8-1-4-12-5-2-8/h6,8-10,12H,1-5,7H2,(H,14,15). The predicted molar refractivity (Wildman–Crippen MR) is 59.3 cm³/mol. The van der Waals surface area contributed by atoms with E-state index in [9.17, 15) is 9.90 Å². The minimum absolute atomic E-state index is 0.0315. The summed E-state index contributed by atoms with van der Waals surface area (Å²) in [6, 6.07) is 0. The van der Waals surface area contributed by atoms with Crippen molar-refractivity contribution < 1.29 is 14.7 Å². The number of nitrogens with one attached hydrogen (secondary N) is 1. The van der Waals surface area contributed by atoms with E-state index in [1.807, 2.05) is 0 Å². The molecule has 90 valence electrons. The Morgan fingerprint density at radius 1 is 1.56 bits per heavy atom. The first kappa shape index (κ1) is 11.4. The summed E-state index contributed by atoms with van der Waals surface area (Å²) in [4.78, 5) is 16.4. The first-order chi connectivity index (χ1) is 7.77. The van der Waals surface area contributed by atoms with Crippen LogP contribution in [0.15, 0.2) is 5.16 Å². The lowest BCUT2D eigenvalue weighted by Gasteiger charge is -2.28. The summed E-state index contributed by atoms with van der Waals surface area (Å²) in [5.74, 6) is -0.695. The van der Waals surface area contributed by atoms with Gasteiger partial charge in [0.05, 0.1) is 5.92 Å². The second kappa shape index (κ2) is 5.30. The van der Waals surface area contributed by atoms with Crippen molar-refractivity contribution >= 4 is 12.2 Å². The zero-order valence-corrected chi connectivity index (χ0v) is 9.26. The van der Waals surface area contributed by atoms with Crippen LogP contribution in [0.2, 0.25) is 0 Å². The van der Waals surface area contributed by atoms with Gasteiger partial charge in [-0.2, -0.15) is 0 Å². The van der Waals surface area contributed by atoms with E-state index in [0.717, 1.165) is 32.4 Å². The molecule has 1 fully saturated rings. The van der Waals surface area contributed by atoms with Crippen LogP contribution in [0.1, 0.15) is 25.7 Å². The van der Waals surface area contributed by atoms with Gasteiger partial charge >= 0.3 is 5.97 Å². The van der Waals surface area contributed by atoms with Crippen LogP contribution in [0.25, 0.3) is 0 Å². The highest BCUT2D eigenvalue weighted by molar-refractivity contribution is 5.70. The fourth-order valence-corrected chi connectivity index (χ4v) is 2.50. The van der Waals surface area contributed by atoms with E-state index in [-0.39, 0.29) is 17.9 Å². The molecule has 0 aliphatic carbocycles. The number of piperidine rings is 1. The fourth-order valence-electron chi connectivity index (χ4n) is 2.50. The van der Waals surface area contributed by atoms with E-state index in [4.69, 9.17) is 4.84 Å². The van der Waals surface area contributed by atoms with Crippen LogP contribution >= 0.6 is 0 Å². The molecule has 0 spiro atoms. The Kier molecular flexibility index (Phi) is 3.77. The third kappa shape index (κ3) is 2.72. The van der Waals surface area contributed by atoms with Crippen molar-refractivity contribution in [2.24, 2.45) is 17.0 Å². The molecule has 16 heavy (non-hydrogen) atoms. The maximum atomic E-state index is 11.3. The number of hydrogen-bond acceptors (Lipinski definition) is 4. The van der Waals surface area contributed by atoms with Gasteiger partial charge < -0.3 is 15.3 Å². The average molecular weight is 226 g/mol. The second-order valence-corrected chi connectivity index (χ2v) is 4.52. The van der Waals surface area contributed by atoms with Gasteiger partial charge in [0.1, 0.15) is 6.10 Å². The highest BCUT2D eigenvalue weighted by Crippen LogP contribution is 2.28. The minimum Gasteiger partial charge on any atom is -0.481 e. The molecule has 0 bridgehead atoms. The Bertz CT molecular complexity index is 266.